The molecule has 0 aliphatic rings. The van der Waals surface area contributed by atoms with E-state index in [4.69, 9.17) is 4.74 Å². The highest BCUT2D eigenvalue weighted by molar-refractivity contribution is 5.30. The van der Waals surface area contributed by atoms with E-state index < -0.39 is 0 Å². The number of hydrogen-bond donors (Lipinski definition) is 0. The fourth-order valence-corrected chi connectivity index (χ4v) is 1.28. The Kier molecular flexibility index (Phi) is 2.88. The summed E-state index contributed by atoms with van der Waals surface area (Å²) in [6.45, 7) is 0.527. The summed E-state index contributed by atoms with van der Waals surface area (Å²) in [5.74, 6) is 0.723. The largest absolute Gasteiger partial charge is 0.489 e. The second-order valence-corrected chi connectivity index (χ2v) is 3.25. The molecule has 0 unspecified atom stereocenters. The summed E-state index contributed by atoms with van der Waals surface area (Å²) in [6.07, 6.45) is 0. The van der Waals surface area contributed by atoms with Crippen LogP contribution in [0.4, 0.5) is 0 Å². The number of ether oxygens (including phenoxy) is 1. The van der Waals surface area contributed by atoms with Crippen LogP contribution in [0.3, 0.4) is 0 Å². The number of benzene rings is 2. The highest BCUT2D eigenvalue weighted by atomic mass is 16.5. The van der Waals surface area contributed by atoms with Crippen LogP contribution >= 0.6 is 0 Å². The average Bonchev–Trinajstić information content (AvgIpc) is 2.30. The normalized spacial score (nSPS) is 9.87. The van der Waals surface area contributed by atoms with Crippen molar-refractivity contribution in [2.45, 2.75) is 6.61 Å². The van der Waals surface area contributed by atoms with Gasteiger partial charge in [-0.1, -0.05) is 30.3 Å². The van der Waals surface area contributed by atoms with E-state index in [1.54, 1.807) is 12.1 Å². The van der Waals surface area contributed by atoms with Crippen LogP contribution in [-0.2, 0) is 11.7 Å². The molecule has 2 heteroatoms. The van der Waals surface area contributed by atoms with Gasteiger partial charge in [-0.2, -0.15) is 0 Å². The van der Waals surface area contributed by atoms with Crippen molar-refractivity contribution >= 4 is 0 Å². The Labute approximate surface area is 88.8 Å². The minimum absolute atomic E-state index is 0.00191. The summed E-state index contributed by atoms with van der Waals surface area (Å²) in [6, 6.07) is 16.3. The summed E-state index contributed by atoms with van der Waals surface area (Å²) in [7, 11) is 0. The molecule has 0 aliphatic carbocycles. The van der Waals surface area contributed by atoms with Crippen molar-refractivity contribution in [3.8, 4) is 11.5 Å². The van der Waals surface area contributed by atoms with E-state index in [2.05, 4.69) is 0 Å². The molecule has 0 aliphatic heterocycles. The molecule has 0 spiro atoms. The van der Waals surface area contributed by atoms with E-state index in [9.17, 15) is 5.11 Å². The third-order valence-corrected chi connectivity index (χ3v) is 2.07. The lowest BCUT2D eigenvalue weighted by molar-refractivity contribution is 0.304. The van der Waals surface area contributed by atoms with E-state index in [0.29, 0.717) is 6.61 Å². The molecule has 0 amide bonds. The summed E-state index contributed by atoms with van der Waals surface area (Å²) in [4.78, 5) is 0. The molecule has 2 aromatic carbocycles. The van der Waals surface area contributed by atoms with Crippen molar-refractivity contribution < 1.29 is 9.84 Å². The Morgan fingerprint density at radius 2 is 1.53 bits per heavy atom. The summed E-state index contributed by atoms with van der Waals surface area (Å²) in [5.41, 5.74) is 1.11. The molecule has 0 saturated carbocycles. The minimum Gasteiger partial charge on any atom is -0.489 e. The van der Waals surface area contributed by atoms with Gasteiger partial charge in [-0.05, 0) is 29.8 Å². The molecule has 2 nitrogen and oxygen atoms in total. The number of rotatable bonds is 3. The van der Waals surface area contributed by atoms with Crippen molar-refractivity contribution in [2.75, 3.05) is 0 Å². The van der Waals surface area contributed by atoms with Crippen molar-refractivity contribution in [1.29, 1.82) is 0 Å². The van der Waals surface area contributed by atoms with Crippen molar-refractivity contribution in [2.24, 2.45) is 0 Å². The maximum absolute atomic E-state index is 10.8. The molecular weight excluding hydrogens is 188 g/mol. The molecule has 0 bridgehead atoms. The van der Waals surface area contributed by atoms with Gasteiger partial charge in [0.05, 0.1) is 0 Å². The minimum atomic E-state index is 0.00191. The predicted octanol–water partition coefficient (Wildman–Crippen LogP) is 3.41. The second-order valence-electron chi connectivity index (χ2n) is 3.25. The van der Waals surface area contributed by atoms with Crippen molar-refractivity contribution in [3.63, 3.8) is 0 Å². The van der Waals surface area contributed by atoms with Gasteiger partial charge >= 0.3 is 0 Å². The lowest BCUT2D eigenvalue weighted by Crippen LogP contribution is -1.94. The van der Waals surface area contributed by atoms with Crippen molar-refractivity contribution in [1.82, 2.24) is 0 Å². The Hall–Kier alpha value is -1.96. The lowest BCUT2D eigenvalue weighted by atomic mass is 10.2. The van der Waals surface area contributed by atoms with Crippen LogP contribution in [0.2, 0.25) is 0 Å². The first-order valence-electron chi connectivity index (χ1n) is 4.78. The van der Waals surface area contributed by atoms with E-state index >= 15 is 0 Å². The zero-order chi connectivity index (χ0) is 10.5. The van der Waals surface area contributed by atoms with Gasteiger partial charge in [-0.25, -0.2) is 0 Å². The molecule has 0 fully saturated rings. The van der Waals surface area contributed by atoms with Gasteiger partial charge in [-0.15, -0.1) is 0 Å². The van der Waals surface area contributed by atoms with Crippen molar-refractivity contribution in [3.05, 3.63) is 60.2 Å². The fourth-order valence-electron chi connectivity index (χ4n) is 1.28. The maximum atomic E-state index is 10.8. The van der Waals surface area contributed by atoms with Crippen LogP contribution < -0.4 is 4.74 Å². The zero-order valence-corrected chi connectivity index (χ0v) is 8.22. The first kappa shape index (κ1) is 9.59. The molecule has 0 N–H and O–H groups in total. The Balaban J connectivity index is 1.96. The van der Waals surface area contributed by atoms with E-state index in [1.807, 2.05) is 30.3 Å². The molecular formula is C13H11O2. The molecule has 2 aromatic rings. The lowest BCUT2D eigenvalue weighted by Gasteiger charge is -2.05. The SMILES string of the molecule is [O]c1ccc(OCc2ccccc2)cc1. The van der Waals surface area contributed by atoms with Crippen LogP contribution in [0.15, 0.2) is 54.6 Å². The average molecular weight is 199 g/mol. The summed E-state index contributed by atoms with van der Waals surface area (Å²) in [5, 5.41) is 10.8. The molecule has 2 rings (SSSR count). The van der Waals surface area contributed by atoms with Crippen LogP contribution in [0.5, 0.6) is 11.5 Å². The fraction of sp³-hybridized carbons (Fsp3) is 0.0769. The molecule has 75 valence electrons. The van der Waals surface area contributed by atoms with Crippen LogP contribution in [0.1, 0.15) is 5.56 Å². The summed E-state index contributed by atoms with van der Waals surface area (Å²) >= 11 is 0. The Bertz CT molecular complexity index is 406. The number of hydrogen-bond acceptors (Lipinski definition) is 1. The van der Waals surface area contributed by atoms with Crippen LogP contribution in [0, 0.1) is 0 Å². The molecule has 0 saturated heterocycles. The topological polar surface area (TPSA) is 29.1 Å². The molecule has 0 heterocycles. The third kappa shape index (κ3) is 2.74. The van der Waals surface area contributed by atoms with Gasteiger partial charge < -0.3 is 4.74 Å². The van der Waals surface area contributed by atoms with Gasteiger partial charge in [0.1, 0.15) is 12.4 Å². The predicted molar refractivity (Wildman–Crippen MR) is 57.3 cm³/mol. The standard InChI is InChI=1S/C13H11O2/c14-12-6-8-13(9-7-12)15-10-11-4-2-1-3-5-11/h1-9H,10H2. The Morgan fingerprint density at radius 1 is 0.867 bits per heavy atom. The quantitative estimate of drug-likeness (QED) is 0.744. The van der Waals surface area contributed by atoms with Gasteiger partial charge in [0.15, 0.2) is 5.75 Å². The highest BCUT2D eigenvalue weighted by Gasteiger charge is 1.95. The van der Waals surface area contributed by atoms with Crippen LogP contribution in [0.25, 0.3) is 0 Å². The molecule has 1 radical (unpaired) electrons. The third-order valence-electron chi connectivity index (χ3n) is 2.07. The first-order chi connectivity index (χ1) is 7.34. The van der Waals surface area contributed by atoms with Gasteiger partial charge in [0, 0.05) is 0 Å². The Morgan fingerprint density at radius 3 is 2.20 bits per heavy atom. The second kappa shape index (κ2) is 4.51. The molecule has 0 aromatic heterocycles. The van der Waals surface area contributed by atoms with Gasteiger partial charge in [-0.3, -0.25) is 5.11 Å². The maximum Gasteiger partial charge on any atom is 0.178 e. The van der Waals surface area contributed by atoms with E-state index in [-0.39, 0.29) is 5.75 Å². The first-order valence-corrected chi connectivity index (χ1v) is 4.78. The highest BCUT2D eigenvalue weighted by Crippen LogP contribution is 2.17. The van der Waals surface area contributed by atoms with E-state index in [0.717, 1.165) is 11.3 Å². The molecule has 15 heavy (non-hydrogen) atoms. The van der Waals surface area contributed by atoms with Crippen LogP contribution in [-0.4, -0.2) is 0 Å². The monoisotopic (exact) mass is 199 g/mol. The smallest absolute Gasteiger partial charge is 0.178 e. The summed E-state index contributed by atoms with van der Waals surface area (Å²) < 4.78 is 5.51. The van der Waals surface area contributed by atoms with Gasteiger partial charge in [0.2, 0.25) is 0 Å². The molecule has 0 atom stereocenters. The zero-order valence-electron chi connectivity index (χ0n) is 8.22. The van der Waals surface area contributed by atoms with E-state index in [1.165, 1.54) is 12.1 Å². The van der Waals surface area contributed by atoms with Gasteiger partial charge in [0.25, 0.3) is 0 Å².